The summed E-state index contributed by atoms with van der Waals surface area (Å²) in [4.78, 5) is 12.1. The van der Waals surface area contributed by atoms with E-state index >= 15 is 0 Å². The lowest BCUT2D eigenvalue weighted by Crippen LogP contribution is -2.40. The van der Waals surface area contributed by atoms with E-state index in [1.165, 1.54) is 5.52 Å². The Bertz CT molecular complexity index is 627. The standard InChI is InChI=1S/C17H25N3O.2ClH/c1-4-9-20-10-8-13-11-14(6-7-15(13)20)19-17(21)16(18)12(3)5-2;;/h6-8,10-12,16H,4-5,9,18H2,1-3H3,(H,19,21);2*1H. The molecule has 0 saturated heterocycles. The van der Waals surface area contributed by atoms with Gasteiger partial charge in [0.15, 0.2) is 0 Å². The Morgan fingerprint density at radius 3 is 2.57 bits per heavy atom. The van der Waals surface area contributed by atoms with Crippen LogP contribution in [0.25, 0.3) is 10.9 Å². The zero-order valence-corrected chi connectivity index (χ0v) is 15.5. The molecule has 2 aromatic rings. The number of fused-ring (bicyclic) bond motifs is 1. The number of carbonyl (C=O) groups is 1. The fourth-order valence-corrected chi connectivity index (χ4v) is 2.45. The minimum atomic E-state index is -0.463. The van der Waals surface area contributed by atoms with Gasteiger partial charge in [0.2, 0.25) is 5.91 Å². The van der Waals surface area contributed by atoms with Crippen LogP contribution < -0.4 is 11.1 Å². The summed E-state index contributed by atoms with van der Waals surface area (Å²) in [6.07, 6.45) is 4.09. The van der Waals surface area contributed by atoms with Gasteiger partial charge >= 0.3 is 0 Å². The Balaban J connectivity index is 0.00000242. The molecule has 0 aliphatic rings. The van der Waals surface area contributed by atoms with Crippen LogP contribution in [0, 0.1) is 5.92 Å². The van der Waals surface area contributed by atoms with E-state index in [1.807, 2.05) is 26.0 Å². The summed E-state index contributed by atoms with van der Waals surface area (Å²) in [5, 5.41) is 4.05. The first-order valence-corrected chi connectivity index (χ1v) is 7.72. The van der Waals surface area contributed by atoms with E-state index in [0.717, 1.165) is 30.5 Å². The Morgan fingerprint density at radius 2 is 1.96 bits per heavy atom. The van der Waals surface area contributed by atoms with Crippen molar-refractivity contribution in [2.75, 3.05) is 5.32 Å². The topological polar surface area (TPSA) is 60.0 Å². The number of nitrogens with two attached hydrogens (primary N) is 1. The SMILES string of the molecule is CCCn1ccc2cc(NC(=O)C(N)C(C)CC)ccc21.Cl.Cl. The Morgan fingerprint density at radius 1 is 1.26 bits per heavy atom. The van der Waals surface area contributed by atoms with Crippen LogP contribution in [0.15, 0.2) is 30.5 Å². The lowest BCUT2D eigenvalue weighted by molar-refractivity contribution is -0.118. The van der Waals surface area contributed by atoms with Gasteiger partial charge in [0.25, 0.3) is 0 Å². The summed E-state index contributed by atoms with van der Waals surface area (Å²) in [6.45, 7) is 7.21. The number of aromatic nitrogens is 1. The molecule has 0 spiro atoms. The zero-order chi connectivity index (χ0) is 15.4. The summed E-state index contributed by atoms with van der Waals surface area (Å²) in [5.74, 6) is 0.0658. The molecule has 1 amide bonds. The van der Waals surface area contributed by atoms with E-state index in [2.05, 4.69) is 35.1 Å². The first kappa shape index (κ1) is 21.8. The summed E-state index contributed by atoms with van der Waals surface area (Å²) in [6, 6.07) is 7.61. The van der Waals surface area contributed by atoms with Crippen LogP contribution >= 0.6 is 24.8 Å². The number of carbonyl (C=O) groups excluding carboxylic acids is 1. The van der Waals surface area contributed by atoms with Crippen LogP contribution in [0.5, 0.6) is 0 Å². The van der Waals surface area contributed by atoms with Gasteiger partial charge in [-0.25, -0.2) is 0 Å². The molecule has 0 radical (unpaired) electrons. The molecule has 1 heterocycles. The highest BCUT2D eigenvalue weighted by Crippen LogP contribution is 2.21. The molecule has 1 aromatic heterocycles. The highest BCUT2D eigenvalue weighted by molar-refractivity contribution is 5.97. The molecule has 6 heteroatoms. The molecule has 0 bridgehead atoms. The van der Waals surface area contributed by atoms with Crippen molar-refractivity contribution >= 4 is 47.3 Å². The maximum absolute atomic E-state index is 12.1. The van der Waals surface area contributed by atoms with Crippen molar-refractivity contribution in [3.63, 3.8) is 0 Å². The maximum Gasteiger partial charge on any atom is 0.241 e. The summed E-state index contributed by atoms with van der Waals surface area (Å²) in [5.41, 5.74) is 7.96. The van der Waals surface area contributed by atoms with Crippen LogP contribution in [-0.2, 0) is 11.3 Å². The molecule has 2 rings (SSSR count). The Labute approximate surface area is 150 Å². The highest BCUT2D eigenvalue weighted by Gasteiger charge is 2.19. The van der Waals surface area contributed by atoms with Crippen LogP contribution in [0.1, 0.15) is 33.6 Å². The number of benzene rings is 1. The first-order chi connectivity index (χ1) is 10.1. The molecule has 3 N–H and O–H groups in total. The quantitative estimate of drug-likeness (QED) is 0.811. The molecule has 130 valence electrons. The largest absolute Gasteiger partial charge is 0.347 e. The number of hydrogen-bond donors (Lipinski definition) is 2. The molecule has 0 fully saturated rings. The van der Waals surface area contributed by atoms with Crippen molar-refractivity contribution in [2.24, 2.45) is 11.7 Å². The molecule has 23 heavy (non-hydrogen) atoms. The lowest BCUT2D eigenvalue weighted by Gasteiger charge is -2.17. The number of hydrogen-bond acceptors (Lipinski definition) is 2. The number of halogens is 2. The van der Waals surface area contributed by atoms with Crippen molar-refractivity contribution in [3.8, 4) is 0 Å². The Kier molecular flexibility index (Phi) is 9.28. The number of anilines is 1. The van der Waals surface area contributed by atoms with Crippen LogP contribution in [0.2, 0.25) is 0 Å². The van der Waals surface area contributed by atoms with Gasteiger partial charge in [0, 0.05) is 29.3 Å². The van der Waals surface area contributed by atoms with Gasteiger partial charge in [-0.3, -0.25) is 4.79 Å². The molecule has 2 unspecified atom stereocenters. The van der Waals surface area contributed by atoms with Crippen LogP contribution in [0.3, 0.4) is 0 Å². The number of amides is 1. The van der Waals surface area contributed by atoms with Gasteiger partial charge in [0.05, 0.1) is 6.04 Å². The third-order valence-corrected chi connectivity index (χ3v) is 4.06. The third kappa shape index (κ3) is 5.13. The van der Waals surface area contributed by atoms with E-state index in [0.29, 0.717) is 0 Å². The smallest absolute Gasteiger partial charge is 0.241 e. The minimum absolute atomic E-state index is 0. The van der Waals surface area contributed by atoms with Crippen LogP contribution in [0.4, 0.5) is 5.69 Å². The van der Waals surface area contributed by atoms with Gasteiger partial charge in [-0.05, 0) is 36.6 Å². The van der Waals surface area contributed by atoms with E-state index in [9.17, 15) is 4.79 Å². The third-order valence-electron chi connectivity index (χ3n) is 4.06. The molecular weight excluding hydrogens is 333 g/mol. The number of nitrogens with one attached hydrogen (secondary N) is 1. The first-order valence-electron chi connectivity index (χ1n) is 7.72. The molecule has 4 nitrogen and oxygen atoms in total. The minimum Gasteiger partial charge on any atom is -0.347 e. The molecule has 0 aliphatic carbocycles. The second-order valence-corrected chi connectivity index (χ2v) is 5.68. The van der Waals surface area contributed by atoms with Gasteiger partial charge in [-0.2, -0.15) is 0 Å². The predicted octanol–water partition coefficient (Wildman–Crippen LogP) is 4.21. The second kappa shape index (κ2) is 9.81. The monoisotopic (exact) mass is 359 g/mol. The summed E-state index contributed by atoms with van der Waals surface area (Å²) >= 11 is 0. The molecule has 1 aromatic carbocycles. The lowest BCUT2D eigenvalue weighted by atomic mass is 9.99. The molecule has 2 atom stereocenters. The van der Waals surface area contributed by atoms with Gasteiger partial charge in [-0.15, -0.1) is 24.8 Å². The second-order valence-electron chi connectivity index (χ2n) is 5.68. The van der Waals surface area contributed by atoms with Gasteiger partial charge < -0.3 is 15.6 Å². The van der Waals surface area contributed by atoms with Crippen molar-refractivity contribution in [2.45, 2.75) is 46.2 Å². The van der Waals surface area contributed by atoms with Gasteiger partial charge in [-0.1, -0.05) is 27.2 Å². The summed E-state index contributed by atoms with van der Waals surface area (Å²) in [7, 11) is 0. The maximum atomic E-state index is 12.1. The molecule has 0 saturated carbocycles. The highest BCUT2D eigenvalue weighted by atomic mass is 35.5. The number of rotatable bonds is 6. The van der Waals surface area contributed by atoms with E-state index < -0.39 is 6.04 Å². The molecular formula is C17H27Cl2N3O. The van der Waals surface area contributed by atoms with Gasteiger partial charge in [0.1, 0.15) is 0 Å². The number of aryl methyl sites for hydroxylation is 1. The van der Waals surface area contributed by atoms with E-state index in [4.69, 9.17) is 5.73 Å². The number of nitrogens with zero attached hydrogens (tertiary/aromatic N) is 1. The zero-order valence-electron chi connectivity index (χ0n) is 13.9. The molecule has 0 aliphatic heterocycles. The average molecular weight is 360 g/mol. The Hall–Kier alpha value is -1.23. The average Bonchev–Trinajstić information content (AvgIpc) is 2.88. The fraction of sp³-hybridized carbons (Fsp3) is 0.471. The van der Waals surface area contributed by atoms with Crippen molar-refractivity contribution in [1.82, 2.24) is 4.57 Å². The fourth-order valence-electron chi connectivity index (χ4n) is 2.45. The van der Waals surface area contributed by atoms with Crippen molar-refractivity contribution in [1.29, 1.82) is 0 Å². The van der Waals surface area contributed by atoms with Crippen LogP contribution in [-0.4, -0.2) is 16.5 Å². The van der Waals surface area contributed by atoms with E-state index in [1.54, 1.807) is 0 Å². The van der Waals surface area contributed by atoms with Crippen molar-refractivity contribution in [3.05, 3.63) is 30.5 Å². The van der Waals surface area contributed by atoms with E-state index in [-0.39, 0.29) is 36.6 Å². The predicted molar refractivity (Wildman–Crippen MR) is 103 cm³/mol. The normalized spacial score (nSPS) is 12.9. The van der Waals surface area contributed by atoms with Crippen molar-refractivity contribution < 1.29 is 4.79 Å². The summed E-state index contributed by atoms with van der Waals surface area (Å²) < 4.78 is 2.23.